The van der Waals surface area contributed by atoms with E-state index in [0.717, 1.165) is 34.3 Å². The number of fused-ring (bicyclic) bond motifs is 1. The van der Waals surface area contributed by atoms with E-state index >= 15 is 0 Å². The van der Waals surface area contributed by atoms with Crippen LogP contribution in [0.4, 0.5) is 0 Å². The van der Waals surface area contributed by atoms with Gasteiger partial charge < -0.3 is 14.0 Å². The van der Waals surface area contributed by atoms with Crippen LogP contribution in [0.3, 0.4) is 0 Å². The molecule has 0 radical (unpaired) electrons. The fourth-order valence-corrected chi connectivity index (χ4v) is 3.22. The summed E-state index contributed by atoms with van der Waals surface area (Å²) in [6.45, 7) is 10.1. The lowest BCUT2D eigenvalue weighted by molar-refractivity contribution is 0.00578. The molecule has 1 aromatic carbocycles. The van der Waals surface area contributed by atoms with Gasteiger partial charge >= 0.3 is 7.12 Å². The summed E-state index contributed by atoms with van der Waals surface area (Å²) in [6, 6.07) is 5.73. The third-order valence-corrected chi connectivity index (χ3v) is 5.36. The standard InChI is InChI=1S/C18H24BNO4/c1-12-15(10-19-23-17(2,3)18(4,5)24-19)14-9-13(22-6)7-8-16(14)20(12)11-21/h7-9,11H,10H2,1-6H3. The molecule has 3 rings (SSSR count). The first-order valence-electron chi connectivity index (χ1n) is 8.18. The molecule has 2 aromatic rings. The number of hydrogen-bond donors (Lipinski definition) is 0. The van der Waals surface area contributed by atoms with Crippen LogP contribution in [0.5, 0.6) is 5.75 Å². The smallest absolute Gasteiger partial charge is 0.462 e. The van der Waals surface area contributed by atoms with Gasteiger partial charge in [-0.15, -0.1) is 0 Å². The minimum absolute atomic E-state index is 0.342. The first kappa shape index (κ1) is 17.1. The van der Waals surface area contributed by atoms with Crippen molar-refractivity contribution in [1.82, 2.24) is 4.57 Å². The maximum Gasteiger partial charge on any atom is 0.462 e. The molecule has 5 nitrogen and oxygen atoms in total. The van der Waals surface area contributed by atoms with Crippen molar-refractivity contribution in [3.8, 4) is 5.75 Å². The number of nitrogens with zero attached hydrogens (tertiary/aromatic N) is 1. The second kappa shape index (κ2) is 5.64. The molecule has 1 aliphatic heterocycles. The fraction of sp³-hybridized carbons (Fsp3) is 0.500. The van der Waals surface area contributed by atoms with Crippen molar-refractivity contribution in [2.24, 2.45) is 0 Å². The molecular formula is C18H24BNO4. The highest BCUT2D eigenvalue weighted by atomic mass is 16.7. The highest BCUT2D eigenvalue weighted by Gasteiger charge is 2.51. The summed E-state index contributed by atoms with van der Waals surface area (Å²) < 4.78 is 19.2. The zero-order valence-corrected chi connectivity index (χ0v) is 15.2. The average molecular weight is 329 g/mol. The molecule has 0 amide bonds. The highest BCUT2D eigenvalue weighted by Crippen LogP contribution is 2.39. The number of aromatic nitrogens is 1. The number of ether oxygens (including phenoxy) is 1. The minimum Gasteiger partial charge on any atom is -0.497 e. The summed E-state index contributed by atoms with van der Waals surface area (Å²) in [4.78, 5) is 11.5. The Morgan fingerprint density at radius 2 is 1.83 bits per heavy atom. The molecule has 0 spiro atoms. The summed E-state index contributed by atoms with van der Waals surface area (Å²) in [7, 11) is 1.30. The van der Waals surface area contributed by atoms with Gasteiger partial charge in [0.25, 0.3) is 0 Å². The van der Waals surface area contributed by atoms with E-state index in [1.54, 1.807) is 11.7 Å². The van der Waals surface area contributed by atoms with E-state index < -0.39 is 0 Å². The van der Waals surface area contributed by atoms with Crippen molar-refractivity contribution in [3.05, 3.63) is 29.5 Å². The van der Waals surface area contributed by atoms with Crippen molar-refractivity contribution in [2.45, 2.75) is 52.1 Å². The topological polar surface area (TPSA) is 49.7 Å². The lowest BCUT2D eigenvalue weighted by atomic mass is 9.80. The Balaban J connectivity index is 2.03. The Labute approximate surface area is 143 Å². The molecule has 0 bridgehead atoms. The summed E-state index contributed by atoms with van der Waals surface area (Å²) in [5.74, 6) is 0.765. The van der Waals surface area contributed by atoms with Gasteiger partial charge in [-0.3, -0.25) is 9.36 Å². The third kappa shape index (κ3) is 2.54. The molecule has 1 aliphatic rings. The van der Waals surface area contributed by atoms with Gasteiger partial charge in [0.05, 0.1) is 23.8 Å². The highest BCUT2D eigenvalue weighted by molar-refractivity contribution is 6.45. The zero-order valence-electron chi connectivity index (χ0n) is 15.2. The van der Waals surface area contributed by atoms with E-state index in [4.69, 9.17) is 14.0 Å². The molecular weight excluding hydrogens is 305 g/mol. The summed E-state index contributed by atoms with van der Waals surface area (Å²) in [5.41, 5.74) is 2.09. The van der Waals surface area contributed by atoms with Crippen molar-refractivity contribution in [3.63, 3.8) is 0 Å². The summed E-state index contributed by atoms with van der Waals surface area (Å²) >= 11 is 0. The Bertz CT molecular complexity index is 778. The van der Waals surface area contributed by atoms with Gasteiger partial charge in [0.1, 0.15) is 5.75 Å². The predicted molar refractivity (Wildman–Crippen MR) is 95.2 cm³/mol. The largest absolute Gasteiger partial charge is 0.497 e. The van der Waals surface area contributed by atoms with Crippen molar-refractivity contribution in [1.29, 1.82) is 0 Å². The van der Waals surface area contributed by atoms with Crippen molar-refractivity contribution < 1.29 is 18.8 Å². The molecule has 24 heavy (non-hydrogen) atoms. The monoisotopic (exact) mass is 329 g/mol. The Hall–Kier alpha value is -1.79. The lowest BCUT2D eigenvalue weighted by Crippen LogP contribution is -2.41. The SMILES string of the molecule is COc1ccc2c(c1)c(CB1OC(C)(C)C(C)(C)O1)c(C)n2C=O. The van der Waals surface area contributed by atoms with E-state index in [2.05, 4.69) is 0 Å². The normalized spacial score (nSPS) is 19.0. The van der Waals surface area contributed by atoms with Crippen molar-refractivity contribution >= 4 is 24.4 Å². The molecule has 0 saturated carbocycles. The van der Waals surface area contributed by atoms with Crippen LogP contribution in [-0.4, -0.2) is 36.4 Å². The van der Waals surface area contributed by atoms with Gasteiger partial charge in [0.2, 0.25) is 6.41 Å². The summed E-state index contributed by atoms with van der Waals surface area (Å²) in [6.07, 6.45) is 1.43. The minimum atomic E-state index is -0.369. The molecule has 0 N–H and O–H groups in total. The molecule has 0 atom stereocenters. The fourth-order valence-electron chi connectivity index (χ4n) is 3.22. The molecule has 1 aromatic heterocycles. The molecule has 6 heteroatoms. The van der Waals surface area contributed by atoms with Gasteiger partial charge in [0, 0.05) is 17.4 Å². The summed E-state index contributed by atoms with van der Waals surface area (Å²) in [5, 5.41) is 0.994. The lowest BCUT2D eigenvalue weighted by Gasteiger charge is -2.32. The molecule has 1 saturated heterocycles. The first-order chi connectivity index (χ1) is 11.2. The van der Waals surface area contributed by atoms with Crippen LogP contribution in [0.2, 0.25) is 0 Å². The van der Waals surface area contributed by atoms with E-state index in [9.17, 15) is 4.79 Å². The number of carbonyl (C=O) groups is 1. The van der Waals surface area contributed by atoms with E-state index in [0.29, 0.717) is 6.32 Å². The first-order valence-corrected chi connectivity index (χ1v) is 8.18. The average Bonchev–Trinajstić information content (AvgIpc) is 2.88. The Morgan fingerprint density at radius 3 is 2.38 bits per heavy atom. The van der Waals surface area contributed by atoms with Gasteiger partial charge in [-0.2, -0.15) is 0 Å². The van der Waals surface area contributed by atoms with Gasteiger partial charge in [-0.1, -0.05) is 0 Å². The molecule has 1 fully saturated rings. The maximum atomic E-state index is 11.5. The van der Waals surface area contributed by atoms with Crippen LogP contribution in [0.15, 0.2) is 18.2 Å². The Kier molecular flexibility index (Phi) is 4.01. The van der Waals surface area contributed by atoms with E-state index in [1.165, 1.54) is 0 Å². The van der Waals surface area contributed by atoms with E-state index in [-0.39, 0.29) is 18.3 Å². The second-order valence-corrected chi connectivity index (χ2v) is 7.31. The number of rotatable bonds is 4. The molecule has 0 aliphatic carbocycles. The molecule has 2 heterocycles. The zero-order chi connectivity index (χ0) is 17.7. The van der Waals surface area contributed by atoms with Gasteiger partial charge in [-0.05, 0) is 58.4 Å². The molecule has 0 unspecified atom stereocenters. The number of benzene rings is 1. The number of methoxy groups -OCH3 is 1. The van der Waals surface area contributed by atoms with Crippen molar-refractivity contribution in [2.75, 3.05) is 7.11 Å². The van der Waals surface area contributed by atoms with Crippen LogP contribution in [-0.2, 0) is 20.4 Å². The quantitative estimate of drug-likeness (QED) is 0.639. The number of carbonyl (C=O) groups excluding carboxylic acids is 1. The van der Waals surface area contributed by atoms with Crippen LogP contribution in [0, 0.1) is 6.92 Å². The van der Waals surface area contributed by atoms with Crippen LogP contribution in [0.25, 0.3) is 10.9 Å². The van der Waals surface area contributed by atoms with Crippen LogP contribution in [0.1, 0.15) is 39.0 Å². The third-order valence-electron chi connectivity index (χ3n) is 5.36. The maximum absolute atomic E-state index is 11.5. The number of hydrogen-bond acceptors (Lipinski definition) is 4. The predicted octanol–water partition coefficient (Wildman–Crippen LogP) is 3.17. The second-order valence-electron chi connectivity index (χ2n) is 7.31. The molecule has 128 valence electrons. The van der Waals surface area contributed by atoms with Crippen LogP contribution >= 0.6 is 0 Å². The van der Waals surface area contributed by atoms with Crippen LogP contribution < -0.4 is 4.74 Å². The Morgan fingerprint density at radius 1 is 1.21 bits per heavy atom. The van der Waals surface area contributed by atoms with E-state index in [1.807, 2.05) is 52.8 Å². The van der Waals surface area contributed by atoms with Gasteiger partial charge in [0.15, 0.2) is 0 Å². The van der Waals surface area contributed by atoms with Gasteiger partial charge in [-0.25, -0.2) is 0 Å².